The monoisotopic (exact) mass is 1010 g/mol. The van der Waals surface area contributed by atoms with Crippen molar-refractivity contribution in [3.63, 3.8) is 0 Å². The van der Waals surface area contributed by atoms with E-state index in [0.29, 0.717) is 5.92 Å². The Morgan fingerprint density at radius 2 is 0.792 bits per heavy atom. The highest BCUT2D eigenvalue weighted by Gasteiger charge is 2.43. The molecule has 0 amide bonds. The number of para-hydroxylation sites is 1. The number of aryl methyl sites for hydroxylation is 1. The zero-order chi connectivity index (χ0) is 53.4. The van der Waals surface area contributed by atoms with Crippen molar-refractivity contribution in [3.8, 4) is 44.5 Å². The Bertz CT molecular complexity index is 3300. The summed E-state index contributed by atoms with van der Waals surface area (Å²) in [5.41, 5.74) is 23.0. The molecular formula is C75H80N2. The molecular weight excluding hydrogens is 929 g/mol. The van der Waals surface area contributed by atoms with Gasteiger partial charge >= 0.3 is 0 Å². The summed E-state index contributed by atoms with van der Waals surface area (Å²) in [6.07, 6.45) is 13.3. The molecule has 0 saturated carbocycles. The first kappa shape index (κ1) is 53.0. The van der Waals surface area contributed by atoms with Crippen molar-refractivity contribution in [1.29, 1.82) is 0 Å². The van der Waals surface area contributed by atoms with E-state index in [2.05, 4.69) is 277 Å². The predicted molar refractivity (Wildman–Crippen MR) is 333 cm³/mol. The first-order valence-electron chi connectivity index (χ1n) is 29.0. The lowest BCUT2D eigenvalue weighted by molar-refractivity contribution is 0.401. The lowest BCUT2D eigenvalue weighted by atomic mass is 9.70. The van der Waals surface area contributed by atoms with Gasteiger partial charge in [0.1, 0.15) is 0 Å². The molecule has 1 aliphatic carbocycles. The fraction of sp³-hybridized carbons (Fsp3) is 0.280. The molecule has 1 aliphatic rings. The molecule has 0 bridgehead atoms. The highest BCUT2D eigenvalue weighted by molar-refractivity contribution is 5.88. The van der Waals surface area contributed by atoms with Gasteiger partial charge in [0.25, 0.3) is 0 Å². The van der Waals surface area contributed by atoms with Crippen LogP contribution in [0.15, 0.2) is 218 Å². The van der Waals surface area contributed by atoms with Gasteiger partial charge in [-0.1, -0.05) is 249 Å². The highest BCUT2D eigenvalue weighted by Crippen LogP contribution is 2.57. The van der Waals surface area contributed by atoms with Gasteiger partial charge in [0.15, 0.2) is 0 Å². The third kappa shape index (κ3) is 11.4. The molecule has 9 aromatic carbocycles. The minimum Gasteiger partial charge on any atom is -0.345 e. The van der Waals surface area contributed by atoms with E-state index in [0.717, 1.165) is 24.9 Å². The van der Waals surface area contributed by atoms with Crippen LogP contribution in [0.2, 0.25) is 0 Å². The van der Waals surface area contributed by atoms with Crippen LogP contribution in [0.4, 0.5) is 28.4 Å². The van der Waals surface area contributed by atoms with E-state index in [-0.39, 0.29) is 10.8 Å². The van der Waals surface area contributed by atoms with Crippen LogP contribution in [0, 0.1) is 12.8 Å². The molecule has 0 spiro atoms. The predicted octanol–water partition coefficient (Wildman–Crippen LogP) is 21.8. The lowest BCUT2D eigenvalue weighted by Gasteiger charge is -2.35. The van der Waals surface area contributed by atoms with Crippen molar-refractivity contribution in [3.05, 3.63) is 246 Å². The van der Waals surface area contributed by atoms with Gasteiger partial charge in [-0.05, 0) is 160 Å². The van der Waals surface area contributed by atoms with Crippen molar-refractivity contribution >= 4 is 28.4 Å². The number of nitrogens with zero attached hydrogens (tertiary/aromatic N) is 2. The van der Waals surface area contributed by atoms with E-state index in [1.807, 2.05) is 0 Å². The molecule has 0 saturated heterocycles. The van der Waals surface area contributed by atoms with Gasteiger partial charge in [0, 0.05) is 46.3 Å². The summed E-state index contributed by atoms with van der Waals surface area (Å²) in [6, 6.07) is 82.4. The Morgan fingerprint density at radius 3 is 1.27 bits per heavy atom. The summed E-state index contributed by atoms with van der Waals surface area (Å²) >= 11 is 0. The van der Waals surface area contributed by atoms with Gasteiger partial charge in [0.05, 0.1) is 0 Å². The molecule has 2 heteroatoms. The molecule has 10 rings (SSSR count). The second-order valence-corrected chi connectivity index (χ2v) is 22.8. The molecule has 0 fully saturated rings. The fourth-order valence-corrected chi connectivity index (χ4v) is 12.7. The maximum atomic E-state index is 2.58. The normalized spacial score (nSPS) is 13.2. The Kier molecular flexibility index (Phi) is 16.4. The Morgan fingerprint density at radius 1 is 0.403 bits per heavy atom. The van der Waals surface area contributed by atoms with Crippen LogP contribution in [0.25, 0.3) is 44.5 Å². The number of hydrogen-bond acceptors (Lipinski definition) is 2. The second-order valence-electron chi connectivity index (χ2n) is 22.8. The smallest absolute Gasteiger partial charge is 0.0465 e. The second kappa shape index (κ2) is 23.9. The van der Waals surface area contributed by atoms with Crippen molar-refractivity contribution in [2.45, 2.75) is 123 Å². The quantitative estimate of drug-likeness (QED) is 0.0624. The van der Waals surface area contributed by atoms with Gasteiger partial charge in [-0.2, -0.15) is 0 Å². The molecule has 1 unspecified atom stereocenters. The van der Waals surface area contributed by atoms with Crippen LogP contribution < -0.4 is 9.80 Å². The first-order chi connectivity index (χ1) is 37.6. The number of benzene rings is 9. The Hall–Kier alpha value is -7.42. The first-order valence-corrected chi connectivity index (χ1v) is 29.0. The molecule has 9 aromatic rings. The van der Waals surface area contributed by atoms with Crippen molar-refractivity contribution < 1.29 is 0 Å². The summed E-state index contributed by atoms with van der Waals surface area (Å²) in [4.78, 5) is 4.86. The number of fused-ring (bicyclic) bond motifs is 3. The standard InChI is InChI=1S/C75H80N2/c1-8-10-12-20-50-75(51-21-13-11-9-2)72-52-68(46-48-70(72)71-49-47-69(53-73(71)75)77(66-24-18-15-19-25-66)67-44-36-61(37-45-67)57-22-16-14-17-23-57)76(7)65-42-34-62(35-43-65)60-32-40-64(41-33-60)74(6,54-55(3)4)63-38-30-59(31-39-63)58-28-26-56(5)27-29-58/h14-19,22-49,52-53,55H,8-13,20-21,50-51,54H2,1-7H3. The lowest BCUT2D eigenvalue weighted by Crippen LogP contribution is -2.26. The highest BCUT2D eigenvalue weighted by atomic mass is 15.1. The van der Waals surface area contributed by atoms with Crippen molar-refractivity contribution in [2.24, 2.45) is 5.92 Å². The van der Waals surface area contributed by atoms with Gasteiger partial charge in [-0.3, -0.25) is 0 Å². The summed E-state index contributed by atoms with van der Waals surface area (Å²) in [7, 11) is 2.25. The zero-order valence-electron chi connectivity index (χ0n) is 47.0. The molecule has 0 aliphatic heterocycles. The summed E-state index contributed by atoms with van der Waals surface area (Å²) in [5.74, 6) is 0.550. The van der Waals surface area contributed by atoms with Crippen LogP contribution >= 0.6 is 0 Å². The number of anilines is 5. The average molecular weight is 1010 g/mol. The number of rotatable bonds is 22. The van der Waals surface area contributed by atoms with Gasteiger partial charge < -0.3 is 9.80 Å². The minimum absolute atomic E-state index is 0.0926. The molecule has 0 heterocycles. The largest absolute Gasteiger partial charge is 0.345 e. The third-order valence-corrected chi connectivity index (χ3v) is 17.0. The molecule has 77 heavy (non-hydrogen) atoms. The van der Waals surface area contributed by atoms with E-state index in [1.54, 1.807) is 0 Å². The van der Waals surface area contributed by atoms with Crippen LogP contribution in [0.1, 0.15) is 133 Å². The average Bonchev–Trinajstić information content (AvgIpc) is 4.01. The van der Waals surface area contributed by atoms with Crippen LogP contribution in [0.5, 0.6) is 0 Å². The number of unbranched alkanes of at least 4 members (excludes halogenated alkanes) is 6. The SMILES string of the molecule is CCCCCCC1(CCCCCC)c2cc(N(C)c3ccc(-c4ccc(C(C)(CC(C)C)c5ccc(-c6ccc(C)cc6)cc5)cc4)cc3)ccc2-c2ccc(N(c3ccccc3)c3ccc(-c4ccccc4)cc3)cc21. The zero-order valence-corrected chi connectivity index (χ0v) is 47.0. The summed E-state index contributed by atoms with van der Waals surface area (Å²) < 4.78 is 0. The molecule has 390 valence electrons. The third-order valence-electron chi connectivity index (χ3n) is 17.0. The maximum Gasteiger partial charge on any atom is 0.0465 e. The molecule has 2 nitrogen and oxygen atoms in total. The molecule has 0 radical (unpaired) electrons. The van der Waals surface area contributed by atoms with E-state index in [9.17, 15) is 0 Å². The van der Waals surface area contributed by atoms with E-state index in [1.165, 1.54) is 146 Å². The summed E-state index contributed by atoms with van der Waals surface area (Å²) in [6.45, 7) is 13.9. The maximum absolute atomic E-state index is 2.58. The van der Waals surface area contributed by atoms with Crippen LogP contribution in [-0.4, -0.2) is 7.05 Å². The summed E-state index contributed by atoms with van der Waals surface area (Å²) in [5, 5.41) is 0. The molecule has 0 aromatic heterocycles. The molecule has 1 atom stereocenters. The van der Waals surface area contributed by atoms with E-state index >= 15 is 0 Å². The Labute approximate surface area is 462 Å². The van der Waals surface area contributed by atoms with Gasteiger partial charge in [-0.25, -0.2) is 0 Å². The van der Waals surface area contributed by atoms with Gasteiger partial charge in [0.2, 0.25) is 0 Å². The minimum atomic E-state index is -0.106. The van der Waals surface area contributed by atoms with Gasteiger partial charge in [-0.15, -0.1) is 0 Å². The van der Waals surface area contributed by atoms with Crippen LogP contribution in [-0.2, 0) is 10.8 Å². The number of hydrogen-bond donors (Lipinski definition) is 0. The van der Waals surface area contributed by atoms with E-state index < -0.39 is 0 Å². The topological polar surface area (TPSA) is 6.48 Å². The molecule has 0 N–H and O–H groups in total. The van der Waals surface area contributed by atoms with Crippen molar-refractivity contribution in [2.75, 3.05) is 16.8 Å². The van der Waals surface area contributed by atoms with Crippen LogP contribution in [0.3, 0.4) is 0 Å². The Balaban J connectivity index is 0.956. The van der Waals surface area contributed by atoms with Crippen molar-refractivity contribution in [1.82, 2.24) is 0 Å². The fourth-order valence-electron chi connectivity index (χ4n) is 12.7. The van der Waals surface area contributed by atoms with E-state index in [4.69, 9.17) is 0 Å².